The second-order valence-electron chi connectivity index (χ2n) is 5.83. The quantitative estimate of drug-likeness (QED) is 0.742. The lowest BCUT2D eigenvalue weighted by atomic mass is 10.0. The lowest BCUT2D eigenvalue weighted by Crippen LogP contribution is -2.30. The maximum atomic E-state index is 11.4. The Labute approximate surface area is 154 Å². The van der Waals surface area contributed by atoms with E-state index in [-0.39, 0.29) is 6.10 Å². The summed E-state index contributed by atoms with van der Waals surface area (Å²) in [4.78, 5) is 11.4. The van der Waals surface area contributed by atoms with Gasteiger partial charge in [0.1, 0.15) is 5.75 Å². The minimum atomic E-state index is -0.934. The molecule has 132 valence electrons. The van der Waals surface area contributed by atoms with E-state index in [9.17, 15) is 9.90 Å². The molecule has 0 amide bonds. The lowest BCUT2D eigenvalue weighted by Gasteiger charge is -2.26. The lowest BCUT2D eigenvalue weighted by molar-refractivity contribution is -0.156. The Morgan fingerprint density at radius 3 is 2.64 bits per heavy atom. The highest BCUT2D eigenvalue weighted by atomic mass is 79.9. The summed E-state index contributed by atoms with van der Waals surface area (Å²) in [6.07, 6.45) is 0.257. The fourth-order valence-electron chi connectivity index (χ4n) is 2.96. The van der Waals surface area contributed by atoms with E-state index in [2.05, 4.69) is 15.9 Å². The molecule has 0 radical (unpaired) electrons. The Balaban J connectivity index is 1.78. The monoisotopic (exact) mass is 406 g/mol. The van der Waals surface area contributed by atoms with Gasteiger partial charge in [-0.25, -0.2) is 4.79 Å². The molecule has 5 nitrogen and oxygen atoms in total. The molecule has 3 rings (SSSR count). The number of rotatable bonds is 6. The maximum Gasteiger partial charge on any atom is 0.335 e. The third kappa shape index (κ3) is 3.71. The molecule has 1 aliphatic heterocycles. The van der Waals surface area contributed by atoms with Gasteiger partial charge >= 0.3 is 5.97 Å². The molecule has 0 bridgehead atoms. The van der Waals surface area contributed by atoms with Crippen LogP contribution in [0.1, 0.15) is 21.5 Å². The van der Waals surface area contributed by atoms with E-state index in [4.69, 9.17) is 14.2 Å². The van der Waals surface area contributed by atoms with Crippen LogP contribution in [0.4, 0.5) is 0 Å². The summed E-state index contributed by atoms with van der Waals surface area (Å²) < 4.78 is 17.4. The van der Waals surface area contributed by atoms with Crippen molar-refractivity contribution in [2.75, 3.05) is 19.0 Å². The number of carboxylic acid groups (broad SMARTS) is 1. The first-order valence-corrected chi connectivity index (χ1v) is 9.03. The molecular weight excluding hydrogens is 388 g/mol. The van der Waals surface area contributed by atoms with Crippen LogP contribution in [0.3, 0.4) is 0 Å². The Kier molecular flexibility index (Phi) is 5.42. The zero-order valence-electron chi connectivity index (χ0n) is 13.8. The Hall–Kier alpha value is -1.89. The fraction of sp³-hybridized carbons (Fsp3) is 0.316. The second-order valence-corrected chi connectivity index (χ2v) is 6.39. The van der Waals surface area contributed by atoms with Crippen LogP contribution in [-0.4, -0.2) is 36.2 Å². The number of benzene rings is 2. The van der Waals surface area contributed by atoms with Crippen LogP contribution in [0.15, 0.2) is 48.5 Å². The van der Waals surface area contributed by atoms with Crippen molar-refractivity contribution < 1.29 is 24.1 Å². The van der Waals surface area contributed by atoms with Crippen molar-refractivity contribution in [2.45, 2.75) is 18.3 Å². The van der Waals surface area contributed by atoms with E-state index in [1.165, 1.54) is 0 Å². The normalized spacial score (nSPS) is 22.7. The van der Waals surface area contributed by atoms with Crippen molar-refractivity contribution in [3.05, 3.63) is 65.2 Å². The molecule has 6 heteroatoms. The number of hydrogen-bond acceptors (Lipinski definition) is 4. The highest BCUT2D eigenvalue weighted by Crippen LogP contribution is 2.37. The number of aromatic carboxylic acids is 1. The molecule has 1 N–H and O–H groups in total. The van der Waals surface area contributed by atoms with Crippen LogP contribution >= 0.6 is 15.9 Å². The molecule has 2 aromatic rings. The Bertz CT molecular complexity index is 746. The predicted octanol–water partition coefficient (Wildman–Crippen LogP) is 3.60. The van der Waals surface area contributed by atoms with Gasteiger partial charge in [0.05, 0.1) is 30.7 Å². The second kappa shape index (κ2) is 7.56. The van der Waals surface area contributed by atoms with Crippen LogP contribution in [0, 0.1) is 0 Å². The highest BCUT2D eigenvalue weighted by Gasteiger charge is 2.42. The van der Waals surface area contributed by atoms with Gasteiger partial charge in [-0.2, -0.15) is 0 Å². The predicted molar refractivity (Wildman–Crippen MR) is 96.4 cm³/mol. The van der Waals surface area contributed by atoms with Crippen LogP contribution in [-0.2, 0) is 21.7 Å². The van der Waals surface area contributed by atoms with Crippen molar-refractivity contribution in [3.63, 3.8) is 0 Å². The number of methoxy groups -OCH3 is 1. The third-order valence-corrected chi connectivity index (χ3v) is 5.00. The maximum absolute atomic E-state index is 11.4. The number of ether oxygens (including phenoxy) is 3. The molecule has 1 fully saturated rings. The van der Waals surface area contributed by atoms with E-state index < -0.39 is 11.8 Å². The summed E-state index contributed by atoms with van der Waals surface area (Å²) in [6.45, 7) is 0.394. The molecule has 1 heterocycles. The largest absolute Gasteiger partial charge is 0.497 e. The van der Waals surface area contributed by atoms with Gasteiger partial charge in [0.25, 0.3) is 0 Å². The number of alkyl halides is 1. The van der Waals surface area contributed by atoms with E-state index in [1.54, 1.807) is 19.2 Å². The topological polar surface area (TPSA) is 65.0 Å². The minimum Gasteiger partial charge on any atom is -0.497 e. The molecule has 0 aliphatic carbocycles. The van der Waals surface area contributed by atoms with Crippen molar-refractivity contribution in [3.8, 4) is 5.75 Å². The van der Waals surface area contributed by atoms with Gasteiger partial charge in [0, 0.05) is 12.0 Å². The molecule has 1 saturated heterocycles. The SMILES string of the molecule is COc1ccc([C@@]2(CBr)OC[C@@H](Cc3ccccc3C(=O)O)O2)cc1. The summed E-state index contributed by atoms with van der Waals surface area (Å²) in [6, 6.07) is 14.5. The van der Waals surface area contributed by atoms with E-state index in [0.29, 0.717) is 23.9 Å². The first-order valence-electron chi connectivity index (χ1n) is 7.91. The van der Waals surface area contributed by atoms with Gasteiger partial charge in [-0.1, -0.05) is 34.1 Å². The van der Waals surface area contributed by atoms with Crippen molar-refractivity contribution in [2.24, 2.45) is 0 Å². The summed E-state index contributed by atoms with van der Waals surface area (Å²) in [5.74, 6) is -1.05. The van der Waals surface area contributed by atoms with Gasteiger partial charge < -0.3 is 19.3 Å². The average molecular weight is 407 g/mol. The number of hydrogen-bond donors (Lipinski definition) is 1. The highest BCUT2D eigenvalue weighted by molar-refractivity contribution is 9.09. The molecule has 25 heavy (non-hydrogen) atoms. The van der Waals surface area contributed by atoms with Crippen molar-refractivity contribution in [1.29, 1.82) is 0 Å². The average Bonchev–Trinajstić information content (AvgIpc) is 3.06. The molecule has 2 atom stereocenters. The van der Waals surface area contributed by atoms with Crippen molar-refractivity contribution >= 4 is 21.9 Å². The van der Waals surface area contributed by atoms with Gasteiger partial charge in [-0.3, -0.25) is 0 Å². The number of carbonyl (C=O) groups is 1. The number of halogens is 1. The first-order chi connectivity index (χ1) is 12.1. The van der Waals surface area contributed by atoms with Gasteiger partial charge in [0.2, 0.25) is 5.79 Å². The third-order valence-electron chi connectivity index (χ3n) is 4.26. The Morgan fingerprint density at radius 1 is 1.28 bits per heavy atom. The van der Waals surface area contributed by atoms with Crippen LogP contribution in [0.5, 0.6) is 5.75 Å². The molecule has 0 spiro atoms. The summed E-state index contributed by atoms with van der Waals surface area (Å²) >= 11 is 3.48. The zero-order valence-corrected chi connectivity index (χ0v) is 15.4. The standard InChI is InChI=1S/C19H19BrO5/c1-23-15-8-6-14(7-9-15)19(12-20)24-11-16(25-19)10-13-4-2-3-5-17(13)18(21)22/h2-9,16H,10-12H2,1H3,(H,21,22)/t16-,19+/m1/s1. The molecule has 0 unspecified atom stereocenters. The van der Waals surface area contributed by atoms with Crippen molar-refractivity contribution in [1.82, 2.24) is 0 Å². The molecular formula is C19H19BrO5. The van der Waals surface area contributed by atoms with E-state index in [0.717, 1.165) is 16.9 Å². The van der Waals surface area contributed by atoms with Gasteiger partial charge in [-0.05, 0) is 35.9 Å². The fourth-order valence-corrected chi connectivity index (χ4v) is 3.58. The molecule has 0 saturated carbocycles. The smallest absolute Gasteiger partial charge is 0.335 e. The Morgan fingerprint density at radius 2 is 2.00 bits per heavy atom. The van der Waals surface area contributed by atoms with Crippen LogP contribution in [0.2, 0.25) is 0 Å². The van der Waals surface area contributed by atoms with E-state index >= 15 is 0 Å². The number of carboxylic acids is 1. The minimum absolute atomic E-state index is 0.222. The summed E-state index contributed by atoms with van der Waals surface area (Å²) in [5, 5.41) is 9.80. The van der Waals surface area contributed by atoms with Gasteiger partial charge in [-0.15, -0.1) is 0 Å². The summed E-state index contributed by atoms with van der Waals surface area (Å²) in [5.41, 5.74) is 1.93. The summed E-state index contributed by atoms with van der Waals surface area (Å²) in [7, 11) is 1.62. The molecule has 1 aliphatic rings. The van der Waals surface area contributed by atoms with Crippen LogP contribution < -0.4 is 4.74 Å². The van der Waals surface area contributed by atoms with E-state index in [1.807, 2.05) is 36.4 Å². The van der Waals surface area contributed by atoms with Crippen LogP contribution in [0.25, 0.3) is 0 Å². The first kappa shape index (κ1) is 17.9. The molecule has 0 aromatic heterocycles. The zero-order chi connectivity index (χ0) is 17.9. The molecule has 2 aromatic carbocycles. The van der Waals surface area contributed by atoms with Gasteiger partial charge in [0.15, 0.2) is 0 Å².